The highest BCUT2D eigenvalue weighted by atomic mass is 16.5. The molecule has 0 aliphatic rings. The maximum atomic E-state index is 9.67. The Morgan fingerprint density at radius 2 is 2.07 bits per heavy atom. The highest BCUT2D eigenvalue weighted by molar-refractivity contribution is 5.11. The first-order valence-corrected chi connectivity index (χ1v) is 5.10. The summed E-state index contributed by atoms with van der Waals surface area (Å²) in [7, 11) is 1.61. The number of aliphatic hydroxyl groups is 2. The highest BCUT2D eigenvalue weighted by Crippen LogP contribution is 2.25. The second-order valence-electron chi connectivity index (χ2n) is 3.50. The Morgan fingerprint density at radius 3 is 2.67 bits per heavy atom. The van der Waals surface area contributed by atoms with Crippen molar-refractivity contribution in [1.82, 2.24) is 0 Å². The molecular formula is C11H18O4. The number of furan rings is 1. The van der Waals surface area contributed by atoms with Crippen molar-refractivity contribution in [3.05, 3.63) is 23.7 Å². The molecule has 0 aliphatic heterocycles. The van der Waals surface area contributed by atoms with Crippen LogP contribution in [-0.2, 0) is 4.74 Å². The van der Waals surface area contributed by atoms with Gasteiger partial charge in [0.05, 0.1) is 0 Å². The summed E-state index contributed by atoms with van der Waals surface area (Å²) < 4.78 is 10.5. The number of methoxy groups -OCH3 is 1. The minimum atomic E-state index is -0.644. The van der Waals surface area contributed by atoms with Crippen molar-refractivity contribution in [3.63, 3.8) is 0 Å². The molecule has 86 valence electrons. The minimum absolute atomic E-state index is 0.0824. The average Bonchev–Trinajstić information content (AvgIpc) is 2.74. The third kappa shape index (κ3) is 3.34. The molecule has 0 aromatic carbocycles. The Balaban J connectivity index is 2.58. The zero-order chi connectivity index (χ0) is 11.3. The van der Waals surface area contributed by atoms with E-state index in [-0.39, 0.29) is 12.7 Å². The average molecular weight is 214 g/mol. The SMILES string of the molecule is CO[C@H](C)c1ccc([C@H](O)CCCO)o1. The van der Waals surface area contributed by atoms with Gasteiger partial charge in [0.1, 0.15) is 23.7 Å². The van der Waals surface area contributed by atoms with Crippen LogP contribution in [0.2, 0.25) is 0 Å². The van der Waals surface area contributed by atoms with E-state index in [1.54, 1.807) is 19.2 Å². The van der Waals surface area contributed by atoms with Gasteiger partial charge in [-0.3, -0.25) is 0 Å². The van der Waals surface area contributed by atoms with Crippen LogP contribution in [-0.4, -0.2) is 23.9 Å². The fourth-order valence-electron chi connectivity index (χ4n) is 1.31. The van der Waals surface area contributed by atoms with Crippen molar-refractivity contribution >= 4 is 0 Å². The number of hydrogen-bond acceptors (Lipinski definition) is 4. The van der Waals surface area contributed by atoms with Gasteiger partial charge in [0.25, 0.3) is 0 Å². The van der Waals surface area contributed by atoms with Gasteiger partial charge in [-0.15, -0.1) is 0 Å². The Morgan fingerprint density at radius 1 is 1.40 bits per heavy atom. The van der Waals surface area contributed by atoms with Crippen LogP contribution >= 0.6 is 0 Å². The van der Waals surface area contributed by atoms with Gasteiger partial charge in [-0.05, 0) is 31.9 Å². The topological polar surface area (TPSA) is 62.8 Å². The van der Waals surface area contributed by atoms with E-state index in [1.165, 1.54) is 0 Å². The Kier molecular flexibility index (Phi) is 4.81. The number of aliphatic hydroxyl groups excluding tert-OH is 2. The fourth-order valence-corrected chi connectivity index (χ4v) is 1.31. The largest absolute Gasteiger partial charge is 0.461 e. The molecule has 4 nitrogen and oxygen atoms in total. The molecule has 2 atom stereocenters. The van der Waals surface area contributed by atoms with Crippen molar-refractivity contribution < 1.29 is 19.4 Å². The van der Waals surface area contributed by atoms with E-state index in [9.17, 15) is 5.11 Å². The number of hydrogen-bond donors (Lipinski definition) is 2. The third-order valence-electron chi connectivity index (χ3n) is 2.37. The van der Waals surface area contributed by atoms with Gasteiger partial charge in [0.2, 0.25) is 0 Å². The molecule has 15 heavy (non-hydrogen) atoms. The molecule has 0 amide bonds. The lowest BCUT2D eigenvalue weighted by molar-refractivity contribution is 0.0866. The van der Waals surface area contributed by atoms with E-state index in [0.29, 0.717) is 24.4 Å². The van der Waals surface area contributed by atoms with Crippen molar-refractivity contribution in [1.29, 1.82) is 0 Å². The lowest BCUT2D eigenvalue weighted by Gasteiger charge is -2.08. The summed E-state index contributed by atoms with van der Waals surface area (Å²) >= 11 is 0. The van der Waals surface area contributed by atoms with E-state index in [0.717, 1.165) is 0 Å². The second-order valence-corrected chi connectivity index (χ2v) is 3.50. The molecule has 0 aliphatic carbocycles. The van der Waals surface area contributed by atoms with Crippen LogP contribution in [0.1, 0.15) is 43.5 Å². The molecule has 1 rings (SSSR count). The summed E-state index contributed by atoms with van der Waals surface area (Å²) in [5.74, 6) is 1.23. The molecule has 0 unspecified atom stereocenters. The molecule has 0 saturated carbocycles. The molecular weight excluding hydrogens is 196 g/mol. The molecule has 2 N–H and O–H groups in total. The van der Waals surface area contributed by atoms with Crippen LogP contribution in [0.25, 0.3) is 0 Å². The molecule has 0 fully saturated rings. The van der Waals surface area contributed by atoms with Gasteiger partial charge in [-0.2, -0.15) is 0 Å². The minimum Gasteiger partial charge on any atom is -0.461 e. The predicted octanol–water partition coefficient (Wildman–Crippen LogP) is 1.79. The lowest BCUT2D eigenvalue weighted by Crippen LogP contribution is -1.97. The lowest BCUT2D eigenvalue weighted by atomic mass is 10.1. The normalized spacial score (nSPS) is 15.2. The van der Waals surface area contributed by atoms with Crippen molar-refractivity contribution in [3.8, 4) is 0 Å². The smallest absolute Gasteiger partial charge is 0.132 e. The van der Waals surface area contributed by atoms with Gasteiger partial charge in [0, 0.05) is 13.7 Å². The maximum absolute atomic E-state index is 9.67. The van der Waals surface area contributed by atoms with Crippen LogP contribution < -0.4 is 0 Å². The Labute approximate surface area is 89.5 Å². The summed E-state index contributed by atoms with van der Waals surface area (Å²) in [5, 5.41) is 18.3. The van der Waals surface area contributed by atoms with Crippen LogP contribution in [0.4, 0.5) is 0 Å². The molecule has 1 aromatic rings. The first kappa shape index (κ1) is 12.2. The van der Waals surface area contributed by atoms with E-state index < -0.39 is 6.10 Å². The zero-order valence-corrected chi connectivity index (χ0v) is 9.14. The van der Waals surface area contributed by atoms with E-state index >= 15 is 0 Å². The van der Waals surface area contributed by atoms with Crippen LogP contribution in [0.3, 0.4) is 0 Å². The van der Waals surface area contributed by atoms with Crippen molar-refractivity contribution in [2.45, 2.75) is 32.0 Å². The summed E-state index contributed by atoms with van der Waals surface area (Å²) in [6.07, 6.45) is 0.320. The molecule has 0 bridgehead atoms. The molecule has 4 heteroatoms. The molecule has 1 aromatic heterocycles. The standard InChI is InChI=1S/C11H18O4/c1-8(14-2)10-5-6-11(15-10)9(13)4-3-7-12/h5-6,8-9,12-13H,3-4,7H2,1-2H3/t8-,9-/m1/s1. The van der Waals surface area contributed by atoms with Gasteiger partial charge in [0.15, 0.2) is 0 Å². The quantitative estimate of drug-likeness (QED) is 0.757. The van der Waals surface area contributed by atoms with Gasteiger partial charge < -0.3 is 19.4 Å². The molecule has 1 heterocycles. The zero-order valence-electron chi connectivity index (χ0n) is 9.14. The highest BCUT2D eigenvalue weighted by Gasteiger charge is 2.14. The summed E-state index contributed by atoms with van der Waals surface area (Å²) in [6, 6.07) is 3.54. The summed E-state index contributed by atoms with van der Waals surface area (Å²) in [4.78, 5) is 0. The summed E-state index contributed by atoms with van der Waals surface area (Å²) in [5.41, 5.74) is 0. The van der Waals surface area contributed by atoms with Gasteiger partial charge in [-0.25, -0.2) is 0 Å². The predicted molar refractivity (Wildman–Crippen MR) is 55.4 cm³/mol. The van der Waals surface area contributed by atoms with Crippen LogP contribution in [0.5, 0.6) is 0 Å². The number of ether oxygens (including phenoxy) is 1. The Hall–Kier alpha value is -0.840. The van der Waals surface area contributed by atoms with E-state index in [4.69, 9.17) is 14.3 Å². The first-order chi connectivity index (χ1) is 7.19. The summed E-state index contributed by atoms with van der Waals surface area (Å²) in [6.45, 7) is 1.96. The first-order valence-electron chi connectivity index (χ1n) is 5.10. The Bertz CT molecular complexity index is 282. The molecule has 0 spiro atoms. The fraction of sp³-hybridized carbons (Fsp3) is 0.636. The maximum Gasteiger partial charge on any atom is 0.132 e. The molecule has 0 radical (unpaired) electrons. The van der Waals surface area contributed by atoms with Crippen molar-refractivity contribution in [2.75, 3.05) is 13.7 Å². The van der Waals surface area contributed by atoms with Gasteiger partial charge >= 0.3 is 0 Å². The molecule has 0 saturated heterocycles. The third-order valence-corrected chi connectivity index (χ3v) is 2.37. The second kappa shape index (κ2) is 5.90. The van der Waals surface area contributed by atoms with Gasteiger partial charge in [-0.1, -0.05) is 0 Å². The monoisotopic (exact) mass is 214 g/mol. The van der Waals surface area contributed by atoms with Crippen LogP contribution in [0, 0.1) is 0 Å². The van der Waals surface area contributed by atoms with E-state index in [2.05, 4.69) is 0 Å². The van der Waals surface area contributed by atoms with Crippen LogP contribution in [0.15, 0.2) is 16.5 Å². The number of rotatable bonds is 6. The van der Waals surface area contributed by atoms with Crippen molar-refractivity contribution in [2.24, 2.45) is 0 Å². The van der Waals surface area contributed by atoms with E-state index in [1.807, 2.05) is 6.92 Å².